The number of nitrogen functional groups attached to an aromatic ring is 1. The van der Waals surface area contributed by atoms with Gasteiger partial charge in [-0.05, 0) is 42.4 Å². The van der Waals surface area contributed by atoms with Crippen molar-refractivity contribution in [3.63, 3.8) is 0 Å². The minimum Gasteiger partial charge on any atom is -0.438 e. The first-order chi connectivity index (χ1) is 15.8. The standard InChI is InChI=1S/C24H30N6O3/c1-12(2)14-7-19-21(28-8-14)20(23(26)33-19)24(32)29-17-9-27-6-5-18(17)30-10-15(13-3-4-13)22(31)16(25)11-30/h5-9,12-13,15-16,22,31H,3-4,10-11,25-26H2,1-2H3,(H,29,32)/t15?,16-,22-/m1/s1. The van der Waals surface area contributed by atoms with Crippen molar-refractivity contribution in [2.45, 2.75) is 44.8 Å². The Labute approximate surface area is 192 Å². The number of carbonyl (C=O) groups excluding carboxylic acids is 1. The summed E-state index contributed by atoms with van der Waals surface area (Å²) in [6.45, 7) is 5.30. The molecule has 0 bridgehead atoms. The van der Waals surface area contributed by atoms with E-state index < -0.39 is 12.0 Å². The van der Waals surface area contributed by atoms with Gasteiger partial charge >= 0.3 is 0 Å². The molecule has 2 fully saturated rings. The topological polar surface area (TPSA) is 144 Å². The van der Waals surface area contributed by atoms with Gasteiger partial charge in [-0.25, -0.2) is 0 Å². The summed E-state index contributed by atoms with van der Waals surface area (Å²) < 4.78 is 5.65. The van der Waals surface area contributed by atoms with E-state index in [4.69, 9.17) is 15.9 Å². The third-order valence-corrected chi connectivity index (χ3v) is 6.82. The maximum Gasteiger partial charge on any atom is 0.263 e. The fraction of sp³-hybridized carbons (Fsp3) is 0.458. The predicted molar refractivity (Wildman–Crippen MR) is 127 cm³/mol. The van der Waals surface area contributed by atoms with E-state index >= 15 is 0 Å². The maximum atomic E-state index is 13.3. The van der Waals surface area contributed by atoms with Crippen molar-refractivity contribution in [3.05, 3.63) is 41.9 Å². The molecule has 9 heteroatoms. The number of aromatic nitrogens is 2. The summed E-state index contributed by atoms with van der Waals surface area (Å²) in [5.41, 5.74) is 15.8. The molecule has 3 atom stereocenters. The molecule has 0 radical (unpaired) electrons. The number of piperidine rings is 1. The third-order valence-electron chi connectivity index (χ3n) is 6.82. The highest BCUT2D eigenvalue weighted by molar-refractivity contribution is 6.15. The van der Waals surface area contributed by atoms with E-state index in [2.05, 4.69) is 34.0 Å². The van der Waals surface area contributed by atoms with Crippen LogP contribution in [0, 0.1) is 11.8 Å². The molecule has 1 saturated heterocycles. The van der Waals surface area contributed by atoms with Gasteiger partial charge < -0.3 is 31.2 Å². The van der Waals surface area contributed by atoms with Crippen LogP contribution in [0.25, 0.3) is 11.1 Å². The van der Waals surface area contributed by atoms with Crippen LogP contribution in [-0.2, 0) is 0 Å². The molecule has 6 N–H and O–H groups in total. The molecule has 33 heavy (non-hydrogen) atoms. The van der Waals surface area contributed by atoms with Crippen LogP contribution in [0.5, 0.6) is 0 Å². The Kier molecular flexibility index (Phi) is 5.46. The normalized spacial score (nSPS) is 23.3. The van der Waals surface area contributed by atoms with Crippen LogP contribution in [0.2, 0.25) is 0 Å². The van der Waals surface area contributed by atoms with Crippen molar-refractivity contribution in [1.29, 1.82) is 0 Å². The number of hydrogen-bond donors (Lipinski definition) is 4. The van der Waals surface area contributed by atoms with Gasteiger partial charge in [-0.15, -0.1) is 0 Å². The molecule has 0 aromatic carbocycles. The first-order valence-corrected chi connectivity index (χ1v) is 11.4. The van der Waals surface area contributed by atoms with Crippen LogP contribution >= 0.6 is 0 Å². The molecule has 1 unspecified atom stereocenters. The van der Waals surface area contributed by atoms with Gasteiger partial charge in [0.25, 0.3) is 5.91 Å². The van der Waals surface area contributed by atoms with E-state index in [1.807, 2.05) is 12.1 Å². The number of pyridine rings is 2. The van der Waals surface area contributed by atoms with Gasteiger partial charge in [0.05, 0.1) is 23.7 Å². The molecular weight excluding hydrogens is 420 g/mol. The van der Waals surface area contributed by atoms with E-state index in [0.29, 0.717) is 35.8 Å². The Balaban J connectivity index is 1.43. The largest absolute Gasteiger partial charge is 0.438 e. The second-order valence-electron chi connectivity index (χ2n) is 9.52. The highest BCUT2D eigenvalue weighted by Crippen LogP contribution is 2.42. The SMILES string of the molecule is CC(C)c1cnc2c(C(=O)Nc3cnccc3N3CC(C4CC4)[C@@H](O)[C@H](N)C3)c(N)oc2c1. The summed E-state index contributed by atoms with van der Waals surface area (Å²) in [5.74, 6) is 0.520. The number of carbonyl (C=O) groups is 1. The quantitative estimate of drug-likeness (QED) is 0.464. The molecule has 2 aliphatic rings. The molecule has 1 aliphatic carbocycles. The lowest BCUT2D eigenvalue weighted by Gasteiger charge is -2.42. The van der Waals surface area contributed by atoms with Gasteiger partial charge in [0.15, 0.2) is 5.58 Å². The minimum atomic E-state index is -0.507. The van der Waals surface area contributed by atoms with Crippen molar-refractivity contribution >= 4 is 34.3 Å². The lowest BCUT2D eigenvalue weighted by Crippen LogP contribution is -2.57. The average molecular weight is 451 g/mol. The number of amides is 1. The Morgan fingerprint density at radius 1 is 1.30 bits per heavy atom. The molecule has 1 amide bonds. The van der Waals surface area contributed by atoms with Crippen molar-refractivity contribution in [1.82, 2.24) is 9.97 Å². The summed E-state index contributed by atoms with van der Waals surface area (Å²) in [6, 6.07) is 3.37. The van der Waals surface area contributed by atoms with Gasteiger partial charge in [-0.2, -0.15) is 0 Å². The van der Waals surface area contributed by atoms with E-state index in [1.54, 1.807) is 18.6 Å². The maximum absolute atomic E-state index is 13.3. The summed E-state index contributed by atoms with van der Waals surface area (Å²) in [5, 5.41) is 13.5. The molecule has 174 valence electrons. The summed E-state index contributed by atoms with van der Waals surface area (Å²) in [7, 11) is 0. The van der Waals surface area contributed by atoms with Crippen LogP contribution in [0.3, 0.4) is 0 Å². The molecule has 9 nitrogen and oxygen atoms in total. The smallest absolute Gasteiger partial charge is 0.263 e. The van der Waals surface area contributed by atoms with Crippen molar-refractivity contribution in [2.75, 3.05) is 29.0 Å². The summed E-state index contributed by atoms with van der Waals surface area (Å²) >= 11 is 0. The minimum absolute atomic E-state index is 0.0262. The van der Waals surface area contributed by atoms with E-state index in [0.717, 1.165) is 24.1 Å². The highest BCUT2D eigenvalue weighted by Gasteiger charge is 2.43. The van der Waals surface area contributed by atoms with E-state index in [9.17, 15) is 9.90 Å². The molecule has 3 aromatic rings. The highest BCUT2D eigenvalue weighted by atomic mass is 16.3. The van der Waals surface area contributed by atoms with Gasteiger partial charge in [-0.1, -0.05) is 13.8 Å². The molecule has 1 saturated carbocycles. The van der Waals surface area contributed by atoms with Crippen LogP contribution in [0.1, 0.15) is 48.5 Å². The Hall–Kier alpha value is -3.17. The van der Waals surface area contributed by atoms with Crippen LogP contribution in [0.15, 0.2) is 35.1 Å². The number of nitrogens with one attached hydrogen (secondary N) is 1. The molecule has 4 heterocycles. The average Bonchev–Trinajstić information content (AvgIpc) is 3.57. The Bertz CT molecular complexity index is 1190. The first kappa shape index (κ1) is 21.7. The second-order valence-corrected chi connectivity index (χ2v) is 9.52. The summed E-state index contributed by atoms with van der Waals surface area (Å²) in [4.78, 5) is 24.0. The van der Waals surface area contributed by atoms with Crippen LogP contribution < -0.4 is 21.7 Å². The number of hydrogen-bond acceptors (Lipinski definition) is 8. The fourth-order valence-corrected chi connectivity index (χ4v) is 4.76. The number of aliphatic hydroxyl groups excluding tert-OH is 1. The van der Waals surface area contributed by atoms with E-state index in [1.165, 1.54) is 0 Å². The van der Waals surface area contributed by atoms with Crippen molar-refractivity contribution in [3.8, 4) is 0 Å². The zero-order chi connectivity index (χ0) is 23.3. The van der Waals surface area contributed by atoms with Crippen LogP contribution in [0.4, 0.5) is 17.3 Å². The number of furan rings is 1. The number of aliphatic hydroxyl groups is 1. The zero-order valence-corrected chi connectivity index (χ0v) is 18.9. The first-order valence-electron chi connectivity index (χ1n) is 11.4. The van der Waals surface area contributed by atoms with Gasteiger partial charge in [-0.3, -0.25) is 14.8 Å². The van der Waals surface area contributed by atoms with Crippen molar-refractivity contribution in [2.24, 2.45) is 17.6 Å². The number of nitrogens with two attached hydrogens (primary N) is 2. The van der Waals surface area contributed by atoms with E-state index in [-0.39, 0.29) is 29.3 Å². The number of nitrogens with zero attached hydrogens (tertiary/aromatic N) is 3. The van der Waals surface area contributed by atoms with Gasteiger partial charge in [0, 0.05) is 37.4 Å². The third kappa shape index (κ3) is 4.02. The molecular formula is C24H30N6O3. The molecule has 1 aliphatic heterocycles. The Morgan fingerprint density at radius 3 is 2.82 bits per heavy atom. The number of fused-ring (bicyclic) bond motifs is 1. The monoisotopic (exact) mass is 450 g/mol. The molecule has 3 aromatic heterocycles. The lowest BCUT2D eigenvalue weighted by atomic mass is 9.87. The molecule has 0 spiro atoms. The Morgan fingerprint density at radius 2 is 2.09 bits per heavy atom. The lowest BCUT2D eigenvalue weighted by molar-refractivity contribution is 0.0594. The molecule has 5 rings (SSSR count). The van der Waals surface area contributed by atoms with Gasteiger partial charge in [0.2, 0.25) is 5.88 Å². The van der Waals surface area contributed by atoms with Gasteiger partial charge in [0.1, 0.15) is 11.1 Å². The number of rotatable bonds is 5. The zero-order valence-electron chi connectivity index (χ0n) is 18.9. The second kappa shape index (κ2) is 8.31. The van der Waals surface area contributed by atoms with Crippen LogP contribution in [-0.4, -0.2) is 46.2 Å². The van der Waals surface area contributed by atoms with Crippen molar-refractivity contribution < 1.29 is 14.3 Å². The summed E-state index contributed by atoms with van der Waals surface area (Å²) in [6.07, 6.45) is 6.78. The predicted octanol–water partition coefficient (Wildman–Crippen LogP) is 2.72. The number of anilines is 3. The fourth-order valence-electron chi connectivity index (χ4n) is 4.76.